The SMILES string of the molecule is C/C=C/CCC(CO)c1ccccc1. The number of hydrogen-bond acceptors (Lipinski definition) is 1. The van der Waals surface area contributed by atoms with Crippen molar-refractivity contribution >= 4 is 0 Å². The molecule has 1 atom stereocenters. The molecule has 0 saturated heterocycles. The summed E-state index contributed by atoms with van der Waals surface area (Å²) in [5.74, 6) is 0.285. The van der Waals surface area contributed by atoms with Crippen molar-refractivity contribution < 1.29 is 5.11 Å². The van der Waals surface area contributed by atoms with Crippen LogP contribution >= 0.6 is 0 Å². The van der Waals surface area contributed by atoms with Crippen molar-refractivity contribution in [2.24, 2.45) is 0 Å². The maximum atomic E-state index is 9.25. The molecule has 1 N–H and O–H groups in total. The van der Waals surface area contributed by atoms with Gasteiger partial charge in [0.15, 0.2) is 0 Å². The Kier molecular flexibility index (Phi) is 5.02. The Morgan fingerprint density at radius 2 is 2.00 bits per heavy atom. The molecule has 0 aromatic heterocycles. The van der Waals surface area contributed by atoms with Crippen molar-refractivity contribution in [3.05, 3.63) is 48.0 Å². The molecule has 1 aromatic rings. The van der Waals surface area contributed by atoms with Crippen LogP contribution in [0.3, 0.4) is 0 Å². The molecule has 0 aliphatic heterocycles. The highest BCUT2D eigenvalue weighted by Gasteiger charge is 2.07. The standard InChI is InChI=1S/C13H18O/c1-2-3-5-10-13(11-14)12-8-6-4-7-9-12/h2-4,6-9,13-14H,5,10-11H2,1H3/b3-2+. The van der Waals surface area contributed by atoms with E-state index >= 15 is 0 Å². The van der Waals surface area contributed by atoms with Gasteiger partial charge in [-0.05, 0) is 25.3 Å². The quantitative estimate of drug-likeness (QED) is 0.707. The van der Waals surface area contributed by atoms with Gasteiger partial charge >= 0.3 is 0 Å². The maximum absolute atomic E-state index is 9.25. The van der Waals surface area contributed by atoms with Crippen LogP contribution in [0.1, 0.15) is 31.2 Å². The molecular weight excluding hydrogens is 172 g/mol. The molecule has 1 rings (SSSR count). The van der Waals surface area contributed by atoms with Crippen LogP contribution in [0.15, 0.2) is 42.5 Å². The van der Waals surface area contributed by atoms with E-state index in [4.69, 9.17) is 0 Å². The summed E-state index contributed by atoms with van der Waals surface area (Å²) in [6.45, 7) is 2.26. The van der Waals surface area contributed by atoms with E-state index in [9.17, 15) is 5.11 Å². The molecule has 1 unspecified atom stereocenters. The third-order valence-electron chi connectivity index (χ3n) is 2.41. The average Bonchev–Trinajstić information content (AvgIpc) is 2.26. The van der Waals surface area contributed by atoms with E-state index < -0.39 is 0 Å². The van der Waals surface area contributed by atoms with E-state index in [1.54, 1.807) is 0 Å². The lowest BCUT2D eigenvalue weighted by Gasteiger charge is -2.12. The molecular formula is C13H18O. The largest absolute Gasteiger partial charge is 0.396 e. The molecule has 1 aromatic carbocycles. The summed E-state index contributed by atoms with van der Waals surface area (Å²) in [5, 5.41) is 9.25. The summed E-state index contributed by atoms with van der Waals surface area (Å²) in [4.78, 5) is 0. The van der Waals surface area contributed by atoms with Crippen LogP contribution in [0, 0.1) is 0 Å². The molecule has 14 heavy (non-hydrogen) atoms. The predicted octanol–water partition coefficient (Wildman–Crippen LogP) is 3.12. The number of benzene rings is 1. The Hall–Kier alpha value is -1.08. The van der Waals surface area contributed by atoms with Crippen LogP contribution in [-0.4, -0.2) is 11.7 Å². The van der Waals surface area contributed by atoms with Crippen molar-refractivity contribution in [2.45, 2.75) is 25.7 Å². The third kappa shape index (κ3) is 3.35. The van der Waals surface area contributed by atoms with E-state index in [1.165, 1.54) is 5.56 Å². The second-order valence-corrected chi connectivity index (χ2v) is 3.44. The Labute approximate surface area is 86.1 Å². The monoisotopic (exact) mass is 190 g/mol. The minimum Gasteiger partial charge on any atom is -0.396 e. The molecule has 0 radical (unpaired) electrons. The number of aliphatic hydroxyl groups excluding tert-OH is 1. The first-order valence-electron chi connectivity index (χ1n) is 5.15. The lowest BCUT2D eigenvalue weighted by atomic mass is 9.95. The van der Waals surface area contributed by atoms with Crippen molar-refractivity contribution in [1.82, 2.24) is 0 Å². The van der Waals surface area contributed by atoms with E-state index in [0.29, 0.717) is 0 Å². The Balaban J connectivity index is 2.54. The Morgan fingerprint density at radius 1 is 1.29 bits per heavy atom. The van der Waals surface area contributed by atoms with Gasteiger partial charge in [0.2, 0.25) is 0 Å². The molecule has 0 saturated carbocycles. The average molecular weight is 190 g/mol. The highest BCUT2D eigenvalue weighted by Crippen LogP contribution is 2.20. The number of rotatable bonds is 5. The van der Waals surface area contributed by atoms with Crippen LogP contribution in [0.25, 0.3) is 0 Å². The van der Waals surface area contributed by atoms with Crippen molar-refractivity contribution in [1.29, 1.82) is 0 Å². The molecule has 0 aliphatic rings. The van der Waals surface area contributed by atoms with Crippen LogP contribution in [-0.2, 0) is 0 Å². The Morgan fingerprint density at radius 3 is 2.57 bits per heavy atom. The van der Waals surface area contributed by atoms with Gasteiger partial charge in [0.25, 0.3) is 0 Å². The van der Waals surface area contributed by atoms with Gasteiger partial charge in [-0.1, -0.05) is 42.5 Å². The summed E-state index contributed by atoms with van der Waals surface area (Å²) in [6, 6.07) is 10.2. The van der Waals surface area contributed by atoms with E-state index in [2.05, 4.69) is 24.3 Å². The highest BCUT2D eigenvalue weighted by atomic mass is 16.3. The van der Waals surface area contributed by atoms with Gasteiger partial charge in [-0.25, -0.2) is 0 Å². The third-order valence-corrected chi connectivity index (χ3v) is 2.41. The lowest BCUT2D eigenvalue weighted by molar-refractivity contribution is 0.260. The number of aliphatic hydroxyl groups is 1. The fraction of sp³-hybridized carbons (Fsp3) is 0.385. The summed E-state index contributed by atoms with van der Waals surface area (Å²) in [5.41, 5.74) is 1.24. The zero-order chi connectivity index (χ0) is 10.2. The van der Waals surface area contributed by atoms with E-state index in [0.717, 1.165) is 12.8 Å². The smallest absolute Gasteiger partial charge is 0.0499 e. The second-order valence-electron chi connectivity index (χ2n) is 3.44. The molecule has 0 fully saturated rings. The van der Waals surface area contributed by atoms with Gasteiger partial charge in [0.1, 0.15) is 0 Å². The first-order valence-corrected chi connectivity index (χ1v) is 5.15. The Bertz CT molecular complexity index is 264. The molecule has 76 valence electrons. The summed E-state index contributed by atoms with van der Waals surface area (Å²) in [7, 11) is 0. The normalized spacial score (nSPS) is 13.3. The minimum absolute atomic E-state index is 0.238. The van der Waals surface area contributed by atoms with Crippen molar-refractivity contribution in [3.63, 3.8) is 0 Å². The summed E-state index contributed by atoms with van der Waals surface area (Å²) < 4.78 is 0. The van der Waals surface area contributed by atoms with Gasteiger partial charge in [-0.2, -0.15) is 0 Å². The molecule has 0 spiro atoms. The van der Waals surface area contributed by atoms with E-state index in [1.807, 2.05) is 25.1 Å². The van der Waals surface area contributed by atoms with Gasteiger partial charge in [0.05, 0.1) is 0 Å². The number of hydrogen-bond donors (Lipinski definition) is 1. The van der Waals surface area contributed by atoms with E-state index in [-0.39, 0.29) is 12.5 Å². The van der Waals surface area contributed by atoms with Crippen molar-refractivity contribution in [2.75, 3.05) is 6.61 Å². The molecule has 0 amide bonds. The second kappa shape index (κ2) is 6.39. The first kappa shape index (κ1) is 11.0. The fourth-order valence-corrected chi connectivity index (χ4v) is 1.55. The van der Waals surface area contributed by atoms with Gasteiger partial charge in [-0.3, -0.25) is 0 Å². The minimum atomic E-state index is 0.238. The van der Waals surface area contributed by atoms with Gasteiger partial charge in [-0.15, -0.1) is 0 Å². The molecule has 0 bridgehead atoms. The summed E-state index contributed by atoms with van der Waals surface area (Å²) in [6.07, 6.45) is 6.26. The highest BCUT2D eigenvalue weighted by molar-refractivity contribution is 5.19. The topological polar surface area (TPSA) is 20.2 Å². The van der Waals surface area contributed by atoms with Crippen LogP contribution in [0.2, 0.25) is 0 Å². The molecule has 0 aliphatic carbocycles. The summed E-state index contributed by atoms with van der Waals surface area (Å²) >= 11 is 0. The molecule has 1 heteroatoms. The van der Waals surface area contributed by atoms with Crippen LogP contribution < -0.4 is 0 Å². The molecule has 0 heterocycles. The van der Waals surface area contributed by atoms with Gasteiger partial charge < -0.3 is 5.11 Å². The van der Waals surface area contributed by atoms with Crippen molar-refractivity contribution in [3.8, 4) is 0 Å². The van der Waals surface area contributed by atoms with Gasteiger partial charge in [0, 0.05) is 12.5 Å². The zero-order valence-corrected chi connectivity index (χ0v) is 8.69. The number of allylic oxidation sites excluding steroid dienone is 2. The predicted molar refractivity (Wildman–Crippen MR) is 60.3 cm³/mol. The van der Waals surface area contributed by atoms with Crippen LogP contribution in [0.4, 0.5) is 0 Å². The first-order chi connectivity index (χ1) is 6.88. The molecule has 1 nitrogen and oxygen atoms in total. The lowest BCUT2D eigenvalue weighted by Crippen LogP contribution is -2.03. The maximum Gasteiger partial charge on any atom is 0.0499 e. The zero-order valence-electron chi connectivity index (χ0n) is 8.69. The fourth-order valence-electron chi connectivity index (χ4n) is 1.55. The van der Waals surface area contributed by atoms with Crippen LogP contribution in [0.5, 0.6) is 0 Å².